The Hall–Kier alpha value is -4.73. The summed E-state index contributed by atoms with van der Waals surface area (Å²) in [7, 11) is 0. The first-order chi connectivity index (χ1) is 21.3. The van der Waals surface area contributed by atoms with E-state index in [0.29, 0.717) is 43.2 Å². The molecule has 6 N–H and O–H groups in total. The van der Waals surface area contributed by atoms with Crippen LogP contribution in [-0.2, 0) is 30.7 Å². The SMILES string of the molecule is CCOc1ccccc1CNC(=O)c1ccc(CNC(=O)Cc2cccc(C[C@@H](C)NC[C@@H](O)c3ccc(N)nc3)c2)cc1. The highest BCUT2D eigenvalue weighted by Crippen LogP contribution is 2.18. The van der Waals surface area contributed by atoms with Gasteiger partial charge in [-0.1, -0.05) is 60.7 Å². The minimum absolute atomic E-state index is 0.0802. The monoisotopic (exact) mass is 595 g/mol. The molecule has 2 atom stereocenters. The molecule has 4 aromatic rings. The van der Waals surface area contributed by atoms with Crippen molar-refractivity contribution in [3.8, 4) is 5.75 Å². The summed E-state index contributed by atoms with van der Waals surface area (Å²) < 4.78 is 5.63. The Balaban J connectivity index is 1.20. The molecule has 0 fully saturated rings. The van der Waals surface area contributed by atoms with Gasteiger partial charge in [0.15, 0.2) is 0 Å². The molecule has 3 aromatic carbocycles. The van der Waals surface area contributed by atoms with Crippen LogP contribution in [0.3, 0.4) is 0 Å². The van der Waals surface area contributed by atoms with Crippen molar-refractivity contribution in [1.82, 2.24) is 20.9 Å². The molecule has 9 nitrogen and oxygen atoms in total. The maximum Gasteiger partial charge on any atom is 0.251 e. The van der Waals surface area contributed by atoms with Gasteiger partial charge in [-0.05, 0) is 61.2 Å². The molecule has 44 heavy (non-hydrogen) atoms. The number of carbonyl (C=O) groups excluding carboxylic acids is 2. The average Bonchev–Trinajstić information content (AvgIpc) is 3.03. The molecule has 9 heteroatoms. The molecule has 0 saturated heterocycles. The van der Waals surface area contributed by atoms with Gasteiger partial charge in [0, 0.05) is 48.6 Å². The number of benzene rings is 3. The van der Waals surface area contributed by atoms with Gasteiger partial charge in [-0.3, -0.25) is 9.59 Å². The zero-order chi connectivity index (χ0) is 31.3. The summed E-state index contributed by atoms with van der Waals surface area (Å²) in [5, 5.41) is 19.7. The van der Waals surface area contributed by atoms with Gasteiger partial charge in [0.05, 0.1) is 19.1 Å². The number of rotatable bonds is 15. The summed E-state index contributed by atoms with van der Waals surface area (Å²) in [5.41, 5.74) is 10.7. The van der Waals surface area contributed by atoms with Gasteiger partial charge in [0.1, 0.15) is 11.6 Å². The second kappa shape index (κ2) is 16.2. The van der Waals surface area contributed by atoms with Crippen molar-refractivity contribution in [3.05, 3.63) is 125 Å². The number of carbonyl (C=O) groups is 2. The van der Waals surface area contributed by atoms with Gasteiger partial charge < -0.3 is 31.5 Å². The smallest absolute Gasteiger partial charge is 0.251 e. The van der Waals surface area contributed by atoms with Crippen LogP contribution in [0.5, 0.6) is 5.75 Å². The van der Waals surface area contributed by atoms with Crippen molar-refractivity contribution >= 4 is 17.6 Å². The van der Waals surface area contributed by atoms with Crippen molar-refractivity contribution in [2.24, 2.45) is 0 Å². The van der Waals surface area contributed by atoms with E-state index in [1.807, 2.05) is 67.6 Å². The van der Waals surface area contributed by atoms with E-state index < -0.39 is 6.10 Å². The fraction of sp³-hybridized carbons (Fsp3) is 0.286. The highest BCUT2D eigenvalue weighted by atomic mass is 16.5. The number of nitrogens with zero attached hydrogens (tertiary/aromatic N) is 1. The number of hydrogen-bond acceptors (Lipinski definition) is 7. The van der Waals surface area contributed by atoms with E-state index in [9.17, 15) is 14.7 Å². The van der Waals surface area contributed by atoms with Gasteiger partial charge in [-0.2, -0.15) is 0 Å². The molecule has 1 heterocycles. The number of anilines is 1. The summed E-state index contributed by atoms with van der Waals surface area (Å²) in [6.07, 6.45) is 1.92. The van der Waals surface area contributed by atoms with Crippen molar-refractivity contribution in [2.75, 3.05) is 18.9 Å². The van der Waals surface area contributed by atoms with Gasteiger partial charge >= 0.3 is 0 Å². The van der Waals surface area contributed by atoms with Gasteiger partial charge in [-0.15, -0.1) is 0 Å². The molecule has 1 aromatic heterocycles. The number of para-hydroxylation sites is 1. The second-order valence-electron chi connectivity index (χ2n) is 10.7. The second-order valence-corrected chi connectivity index (χ2v) is 10.7. The molecular formula is C35H41N5O4. The predicted molar refractivity (Wildman–Crippen MR) is 172 cm³/mol. The minimum Gasteiger partial charge on any atom is -0.494 e. The lowest BCUT2D eigenvalue weighted by molar-refractivity contribution is -0.120. The molecular weight excluding hydrogens is 554 g/mol. The molecule has 0 aliphatic heterocycles. The van der Waals surface area contributed by atoms with Crippen molar-refractivity contribution in [1.29, 1.82) is 0 Å². The molecule has 0 aliphatic rings. The van der Waals surface area contributed by atoms with Crippen LogP contribution in [0.1, 0.15) is 58.1 Å². The van der Waals surface area contributed by atoms with E-state index in [1.54, 1.807) is 30.5 Å². The maximum absolute atomic E-state index is 12.7. The first-order valence-corrected chi connectivity index (χ1v) is 14.9. The van der Waals surface area contributed by atoms with Crippen LogP contribution in [-0.4, -0.2) is 41.1 Å². The zero-order valence-electron chi connectivity index (χ0n) is 25.3. The van der Waals surface area contributed by atoms with E-state index in [4.69, 9.17) is 10.5 Å². The Bertz CT molecular complexity index is 1510. The van der Waals surface area contributed by atoms with E-state index in [1.165, 1.54) is 0 Å². The van der Waals surface area contributed by atoms with E-state index >= 15 is 0 Å². The van der Waals surface area contributed by atoms with Crippen molar-refractivity contribution in [2.45, 2.75) is 51.9 Å². The molecule has 0 saturated carbocycles. The third-order valence-corrected chi connectivity index (χ3v) is 7.17. The number of aliphatic hydroxyl groups is 1. The molecule has 0 radical (unpaired) electrons. The molecule has 0 unspecified atom stereocenters. The summed E-state index contributed by atoms with van der Waals surface area (Å²) >= 11 is 0. The first kappa shape index (κ1) is 32.2. The number of nitrogen functional groups attached to an aromatic ring is 1. The maximum atomic E-state index is 12.7. The van der Waals surface area contributed by atoms with Crippen LogP contribution in [0.15, 0.2) is 91.1 Å². The topological polar surface area (TPSA) is 139 Å². The summed E-state index contributed by atoms with van der Waals surface area (Å²) in [5.74, 6) is 0.929. The van der Waals surface area contributed by atoms with E-state index in [2.05, 4.69) is 27.9 Å². The fourth-order valence-corrected chi connectivity index (χ4v) is 4.78. The predicted octanol–water partition coefficient (Wildman–Crippen LogP) is 4.11. The Kier molecular flexibility index (Phi) is 11.9. The highest BCUT2D eigenvalue weighted by Gasteiger charge is 2.12. The summed E-state index contributed by atoms with van der Waals surface area (Å²) in [6, 6.07) is 26.4. The number of nitrogens with one attached hydrogen (secondary N) is 3. The number of nitrogens with two attached hydrogens (primary N) is 1. The normalized spacial score (nSPS) is 12.2. The largest absolute Gasteiger partial charge is 0.494 e. The number of hydrogen-bond donors (Lipinski definition) is 5. The zero-order valence-corrected chi connectivity index (χ0v) is 25.3. The molecule has 0 bridgehead atoms. The molecule has 4 rings (SSSR count). The quantitative estimate of drug-likeness (QED) is 0.139. The van der Waals surface area contributed by atoms with Crippen molar-refractivity contribution in [3.63, 3.8) is 0 Å². The van der Waals surface area contributed by atoms with Gasteiger partial charge in [0.25, 0.3) is 5.91 Å². The first-order valence-electron chi connectivity index (χ1n) is 14.9. The molecule has 230 valence electrons. The highest BCUT2D eigenvalue weighted by molar-refractivity contribution is 5.94. The fourth-order valence-electron chi connectivity index (χ4n) is 4.78. The number of amides is 2. The third-order valence-electron chi connectivity index (χ3n) is 7.17. The number of ether oxygens (including phenoxy) is 1. The van der Waals surface area contributed by atoms with Gasteiger partial charge in [0.2, 0.25) is 5.91 Å². The summed E-state index contributed by atoms with van der Waals surface area (Å²) in [6.45, 7) is 5.68. The van der Waals surface area contributed by atoms with Crippen LogP contribution < -0.4 is 26.4 Å². The summed E-state index contributed by atoms with van der Waals surface area (Å²) in [4.78, 5) is 29.4. The lowest BCUT2D eigenvalue weighted by Crippen LogP contribution is -2.32. The number of pyridine rings is 1. The van der Waals surface area contributed by atoms with Crippen LogP contribution >= 0.6 is 0 Å². The van der Waals surface area contributed by atoms with E-state index in [-0.39, 0.29) is 24.3 Å². The Morgan fingerprint density at radius 1 is 0.909 bits per heavy atom. The Morgan fingerprint density at radius 3 is 2.43 bits per heavy atom. The lowest BCUT2D eigenvalue weighted by Gasteiger charge is -2.18. The van der Waals surface area contributed by atoms with Crippen LogP contribution in [0, 0.1) is 0 Å². The van der Waals surface area contributed by atoms with E-state index in [0.717, 1.165) is 34.4 Å². The molecule has 0 aliphatic carbocycles. The van der Waals surface area contributed by atoms with Crippen LogP contribution in [0.4, 0.5) is 5.82 Å². The Morgan fingerprint density at radius 2 is 1.68 bits per heavy atom. The van der Waals surface area contributed by atoms with Gasteiger partial charge in [-0.25, -0.2) is 4.98 Å². The van der Waals surface area contributed by atoms with Crippen LogP contribution in [0.2, 0.25) is 0 Å². The lowest BCUT2D eigenvalue weighted by atomic mass is 10.0. The van der Waals surface area contributed by atoms with Crippen molar-refractivity contribution < 1.29 is 19.4 Å². The third kappa shape index (κ3) is 9.93. The molecule has 0 spiro atoms. The minimum atomic E-state index is -0.678. The average molecular weight is 596 g/mol. The van der Waals surface area contributed by atoms with Crippen LogP contribution in [0.25, 0.3) is 0 Å². The number of aromatic nitrogens is 1. The Labute approximate surface area is 258 Å². The molecule has 2 amide bonds. The standard InChI is InChI=1S/C35H41N5O4/c1-3-44-32-10-5-4-9-30(32)22-40-35(43)28-13-11-25(12-14-28)20-39-34(42)19-27-8-6-7-26(18-27)17-24(2)37-23-31(41)29-15-16-33(36)38-21-29/h4-16,18,21,24,31,37,41H,3,17,19-20,22-23H2,1-2H3,(H2,36,38)(H,39,42)(H,40,43)/t24-,31-/m1/s1. The number of aliphatic hydroxyl groups excluding tert-OH is 1.